The van der Waals surface area contributed by atoms with Gasteiger partial charge in [-0.3, -0.25) is 9.69 Å². The van der Waals surface area contributed by atoms with E-state index in [9.17, 15) is 9.90 Å². The van der Waals surface area contributed by atoms with Gasteiger partial charge in [-0.15, -0.1) is 0 Å². The molecule has 1 saturated heterocycles. The van der Waals surface area contributed by atoms with E-state index in [-0.39, 0.29) is 5.91 Å². The molecular formula is C32H38N2O2. The van der Waals surface area contributed by atoms with Crippen LogP contribution in [0.5, 0.6) is 5.75 Å². The first-order valence-electron chi connectivity index (χ1n) is 13.5. The summed E-state index contributed by atoms with van der Waals surface area (Å²) in [6.07, 6.45) is 5.88. The van der Waals surface area contributed by atoms with Gasteiger partial charge in [0.1, 0.15) is 5.75 Å². The number of carbonyl (C=O) groups excluding carboxylic acids is 1. The molecule has 4 nitrogen and oxygen atoms in total. The molecular weight excluding hydrogens is 444 g/mol. The molecule has 0 radical (unpaired) electrons. The molecule has 2 atom stereocenters. The van der Waals surface area contributed by atoms with Crippen LogP contribution in [0.3, 0.4) is 0 Å². The molecule has 5 rings (SSSR count). The number of amides is 1. The maximum atomic E-state index is 13.8. The van der Waals surface area contributed by atoms with Crippen LogP contribution in [-0.4, -0.2) is 46.5 Å². The first-order valence-corrected chi connectivity index (χ1v) is 13.5. The number of aromatic hydroxyl groups is 1. The van der Waals surface area contributed by atoms with Gasteiger partial charge in [0.25, 0.3) is 5.91 Å². The van der Waals surface area contributed by atoms with Crippen LogP contribution < -0.4 is 0 Å². The summed E-state index contributed by atoms with van der Waals surface area (Å²) < 4.78 is 0. The largest absolute Gasteiger partial charge is 0.508 e. The third kappa shape index (κ3) is 5.49. The summed E-state index contributed by atoms with van der Waals surface area (Å²) in [5.41, 5.74) is 4.46. The highest BCUT2D eigenvalue weighted by atomic mass is 16.3. The Labute approximate surface area is 215 Å². The molecule has 1 aliphatic carbocycles. The quantitative estimate of drug-likeness (QED) is 0.424. The number of nitrogens with zero attached hydrogens (tertiary/aromatic N) is 2. The van der Waals surface area contributed by atoms with Gasteiger partial charge in [0.2, 0.25) is 0 Å². The van der Waals surface area contributed by atoms with Crippen molar-refractivity contribution in [1.29, 1.82) is 0 Å². The second kappa shape index (κ2) is 11.3. The van der Waals surface area contributed by atoms with E-state index in [1.165, 1.54) is 30.4 Å². The van der Waals surface area contributed by atoms with E-state index in [2.05, 4.69) is 41.0 Å². The van der Waals surface area contributed by atoms with Crippen LogP contribution in [0.4, 0.5) is 0 Å². The van der Waals surface area contributed by atoms with Crippen LogP contribution in [0.1, 0.15) is 65.1 Å². The number of likely N-dealkylation sites (tertiary alicyclic amines) is 1. The fourth-order valence-electron chi connectivity index (χ4n) is 6.30. The number of phenolic OH excluding ortho intramolecular Hbond substituents is 1. The maximum Gasteiger partial charge on any atom is 0.254 e. The second-order valence-corrected chi connectivity index (χ2v) is 10.7. The van der Waals surface area contributed by atoms with Crippen molar-refractivity contribution in [2.45, 2.75) is 57.5 Å². The van der Waals surface area contributed by atoms with Gasteiger partial charge in [-0.25, -0.2) is 0 Å². The number of benzene rings is 3. The monoisotopic (exact) mass is 482 g/mol. The maximum absolute atomic E-state index is 13.8. The average molecular weight is 483 g/mol. The third-order valence-electron chi connectivity index (χ3n) is 8.22. The Morgan fingerprint density at radius 2 is 1.58 bits per heavy atom. The molecule has 2 fully saturated rings. The Kier molecular flexibility index (Phi) is 7.72. The minimum Gasteiger partial charge on any atom is -0.508 e. The van der Waals surface area contributed by atoms with Gasteiger partial charge in [-0.05, 0) is 55.0 Å². The lowest BCUT2D eigenvalue weighted by Crippen LogP contribution is -2.45. The summed E-state index contributed by atoms with van der Waals surface area (Å²) in [4.78, 5) is 18.5. The molecule has 3 aromatic rings. The molecule has 1 heterocycles. The summed E-state index contributed by atoms with van der Waals surface area (Å²) in [5, 5.41) is 10.4. The molecule has 1 aliphatic heterocycles. The molecule has 2 unspecified atom stereocenters. The Hall–Kier alpha value is -3.11. The van der Waals surface area contributed by atoms with Gasteiger partial charge in [0, 0.05) is 49.3 Å². The molecule has 1 saturated carbocycles. The first-order chi connectivity index (χ1) is 17.6. The minimum atomic E-state index is 0.171. The van der Waals surface area contributed by atoms with E-state index in [0.29, 0.717) is 23.6 Å². The number of carbonyl (C=O) groups is 1. The Bertz CT molecular complexity index is 1160. The van der Waals surface area contributed by atoms with Crippen molar-refractivity contribution in [3.05, 3.63) is 101 Å². The van der Waals surface area contributed by atoms with E-state index in [4.69, 9.17) is 0 Å². The lowest BCUT2D eigenvalue weighted by Gasteiger charge is -2.37. The summed E-state index contributed by atoms with van der Waals surface area (Å²) in [6, 6.07) is 26.5. The average Bonchev–Trinajstić information content (AvgIpc) is 3.31. The van der Waals surface area contributed by atoms with Crippen molar-refractivity contribution < 1.29 is 9.90 Å². The molecule has 0 aromatic heterocycles. The van der Waals surface area contributed by atoms with Gasteiger partial charge in [0.15, 0.2) is 0 Å². The van der Waals surface area contributed by atoms with Gasteiger partial charge in [-0.1, -0.05) is 79.9 Å². The van der Waals surface area contributed by atoms with E-state index >= 15 is 0 Å². The zero-order valence-corrected chi connectivity index (χ0v) is 21.4. The van der Waals surface area contributed by atoms with Gasteiger partial charge < -0.3 is 10.0 Å². The highest BCUT2D eigenvalue weighted by molar-refractivity contribution is 5.94. The second-order valence-electron chi connectivity index (χ2n) is 10.7. The molecule has 2 aliphatic rings. The molecule has 1 N–H and O–H groups in total. The number of rotatable bonds is 7. The van der Waals surface area contributed by atoms with Crippen molar-refractivity contribution in [3.63, 3.8) is 0 Å². The van der Waals surface area contributed by atoms with Crippen LogP contribution in [-0.2, 0) is 6.54 Å². The fraction of sp³-hybridized carbons (Fsp3) is 0.406. The van der Waals surface area contributed by atoms with Crippen molar-refractivity contribution in [2.75, 3.05) is 19.6 Å². The molecule has 0 spiro atoms. The Balaban J connectivity index is 1.43. The lowest BCUT2D eigenvalue weighted by atomic mass is 9.85. The normalized spacial score (nSPS) is 20.9. The van der Waals surface area contributed by atoms with Crippen LogP contribution in [0.25, 0.3) is 0 Å². The first kappa shape index (κ1) is 24.6. The van der Waals surface area contributed by atoms with Crippen LogP contribution in [0.2, 0.25) is 0 Å². The summed E-state index contributed by atoms with van der Waals surface area (Å²) in [5.74, 6) is 1.22. The topological polar surface area (TPSA) is 43.8 Å². The summed E-state index contributed by atoms with van der Waals surface area (Å²) in [7, 11) is 0. The number of para-hydroxylation sites is 1. The third-order valence-corrected chi connectivity index (χ3v) is 8.22. The molecule has 3 aromatic carbocycles. The van der Waals surface area contributed by atoms with Gasteiger partial charge >= 0.3 is 0 Å². The minimum absolute atomic E-state index is 0.171. The van der Waals surface area contributed by atoms with Crippen molar-refractivity contribution in [2.24, 2.45) is 5.92 Å². The molecule has 188 valence electrons. The van der Waals surface area contributed by atoms with Crippen molar-refractivity contribution in [3.8, 4) is 5.75 Å². The number of aryl methyl sites for hydroxylation is 1. The Morgan fingerprint density at radius 1 is 0.889 bits per heavy atom. The standard InChI is InChI=1S/C32H38N2O2/c1-24-12-8-10-18-29(24)30-23-33(20-26-15-9-11-19-31(26)35)21-27(30)22-34(28-16-6-3-7-17-28)32(36)25-13-4-2-5-14-25/h2,4-5,8-15,18-19,27-28,30,35H,3,6-7,16-17,20-23H2,1H3. The number of hydrogen-bond donors (Lipinski definition) is 1. The highest BCUT2D eigenvalue weighted by Gasteiger charge is 2.38. The van der Waals surface area contributed by atoms with Gasteiger partial charge in [-0.2, -0.15) is 0 Å². The lowest BCUT2D eigenvalue weighted by molar-refractivity contribution is 0.0588. The van der Waals surface area contributed by atoms with Crippen LogP contribution in [0.15, 0.2) is 78.9 Å². The summed E-state index contributed by atoms with van der Waals surface area (Å²) in [6.45, 7) is 5.54. The smallest absolute Gasteiger partial charge is 0.254 e. The SMILES string of the molecule is Cc1ccccc1C1CN(Cc2ccccc2O)CC1CN(C(=O)c1ccccc1)C1CCCCC1. The number of hydrogen-bond acceptors (Lipinski definition) is 3. The van der Waals surface area contributed by atoms with Crippen LogP contribution >= 0.6 is 0 Å². The van der Waals surface area contributed by atoms with E-state index < -0.39 is 0 Å². The Morgan fingerprint density at radius 3 is 2.33 bits per heavy atom. The van der Waals surface area contributed by atoms with E-state index in [1.807, 2.05) is 48.5 Å². The highest BCUT2D eigenvalue weighted by Crippen LogP contribution is 2.37. The molecule has 1 amide bonds. The molecule has 36 heavy (non-hydrogen) atoms. The predicted octanol–water partition coefficient (Wildman–Crippen LogP) is 6.39. The van der Waals surface area contributed by atoms with E-state index in [1.54, 1.807) is 6.07 Å². The number of phenols is 1. The molecule has 0 bridgehead atoms. The van der Waals surface area contributed by atoms with Crippen LogP contribution in [0, 0.1) is 12.8 Å². The zero-order valence-electron chi connectivity index (χ0n) is 21.4. The fourth-order valence-corrected chi connectivity index (χ4v) is 6.30. The van der Waals surface area contributed by atoms with E-state index in [0.717, 1.165) is 50.1 Å². The van der Waals surface area contributed by atoms with Gasteiger partial charge in [0.05, 0.1) is 0 Å². The van der Waals surface area contributed by atoms with Crippen molar-refractivity contribution >= 4 is 5.91 Å². The summed E-state index contributed by atoms with van der Waals surface area (Å²) >= 11 is 0. The van der Waals surface area contributed by atoms with Crippen molar-refractivity contribution in [1.82, 2.24) is 9.80 Å². The predicted molar refractivity (Wildman–Crippen MR) is 145 cm³/mol. The molecule has 4 heteroatoms. The zero-order chi connectivity index (χ0) is 24.9.